The molecule has 0 aliphatic rings. The Morgan fingerprint density at radius 2 is 1.62 bits per heavy atom. The lowest BCUT2D eigenvalue weighted by Crippen LogP contribution is -2.44. The summed E-state index contributed by atoms with van der Waals surface area (Å²) in [5.74, 6) is -2.41. The van der Waals surface area contributed by atoms with Crippen molar-refractivity contribution in [2.75, 3.05) is 0 Å². The lowest BCUT2D eigenvalue weighted by Gasteiger charge is -2.08. The molecule has 3 rings (SSSR count). The number of nitrogens with zero attached hydrogens (tertiary/aromatic N) is 2. The van der Waals surface area contributed by atoms with Gasteiger partial charge in [0.15, 0.2) is 0 Å². The van der Waals surface area contributed by atoms with E-state index in [2.05, 4.69) is 15.8 Å². The molecule has 2 heterocycles. The normalized spacial score (nSPS) is 10.4. The van der Waals surface area contributed by atoms with Crippen molar-refractivity contribution in [2.24, 2.45) is 0 Å². The summed E-state index contributed by atoms with van der Waals surface area (Å²) in [6, 6.07) is 10.3. The largest absolute Gasteiger partial charge is 0.276 e. The van der Waals surface area contributed by atoms with Crippen LogP contribution < -0.4 is 16.4 Å². The Morgan fingerprint density at radius 1 is 0.958 bits per heavy atom. The summed E-state index contributed by atoms with van der Waals surface area (Å²) in [7, 11) is 0. The third-order valence-corrected chi connectivity index (χ3v) is 3.27. The van der Waals surface area contributed by atoms with E-state index in [1.54, 1.807) is 18.2 Å². The zero-order valence-corrected chi connectivity index (χ0v) is 12.2. The van der Waals surface area contributed by atoms with Crippen LogP contribution in [0.1, 0.15) is 20.7 Å². The number of hydrogen-bond acceptors (Lipinski definition) is 4. The number of pyridine rings is 1. The fourth-order valence-corrected chi connectivity index (χ4v) is 2.08. The van der Waals surface area contributed by atoms with Crippen LogP contribution in [0.5, 0.6) is 0 Å². The van der Waals surface area contributed by atoms with E-state index in [4.69, 9.17) is 0 Å². The number of hydrazine groups is 1. The molecular formula is C16H11FN4O3. The molecule has 7 nitrogen and oxygen atoms in total. The van der Waals surface area contributed by atoms with Crippen LogP contribution in [0.25, 0.3) is 5.65 Å². The molecule has 2 aromatic heterocycles. The van der Waals surface area contributed by atoms with Gasteiger partial charge in [-0.05, 0) is 24.3 Å². The number of aromatic nitrogens is 2. The van der Waals surface area contributed by atoms with Crippen molar-refractivity contribution in [2.45, 2.75) is 0 Å². The minimum absolute atomic E-state index is 0.230. The smallest absolute Gasteiger partial charge is 0.268 e. The van der Waals surface area contributed by atoms with Gasteiger partial charge in [0.2, 0.25) is 0 Å². The zero-order valence-electron chi connectivity index (χ0n) is 12.2. The van der Waals surface area contributed by atoms with Gasteiger partial charge in [0.05, 0.1) is 5.56 Å². The summed E-state index contributed by atoms with van der Waals surface area (Å²) in [6.07, 6.45) is 2.58. The summed E-state index contributed by atoms with van der Waals surface area (Å²) in [5.41, 5.74) is 3.44. The SMILES string of the molecule is O=C(NNC(=O)c1cnc2ccccn2c1=O)c1ccccc1F. The highest BCUT2D eigenvalue weighted by molar-refractivity contribution is 5.98. The first-order valence-electron chi connectivity index (χ1n) is 6.89. The van der Waals surface area contributed by atoms with Gasteiger partial charge in [-0.2, -0.15) is 0 Å². The third kappa shape index (κ3) is 2.84. The van der Waals surface area contributed by atoms with E-state index in [9.17, 15) is 18.8 Å². The average molecular weight is 326 g/mol. The zero-order chi connectivity index (χ0) is 17.1. The van der Waals surface area contributed by atoms with Gasteiger partial charge in [-0.1, -0.05) is 18.2 Å². The maximum absolute atomic E-state index is 13.5. The molecule has 0 bridgehead atoms. The lowest BCUT2D eigenvalue weighted by atomic mass is 10.2. The Hall–Kier alpha value is -3.55. The monoisotopic (exact) mass is 326 g/mol. The van der Waals surface area contributed by atoms with Crippen molar-refractivity contribution < 1.29 is 14.0 Å². The van der Waals surface area contributed by atoms with Crippen molar-refractivity contribution in [3.05, 3.63) is 82.2 Å². The number of carbonyl (C=O) groups is 2. The standard InChI is InChI=1S/C16H11FN4O3/c17-12-6-2-1-5-10(12)14(22)19-20-15(23)11-9-18-13-7-3-4-8-21(13)16(11)24/h1-9H,(H,19,22)(H,20,23). The number of nitrogens with one attached hydrogen (secondary N) is 2. The molecule has 0 saturated heterocycles. The van der Waals surface area contributed by atoms with Gasteiger partial charge in [-0.15, -0.1) is 0 Å². The summed E-state index contributed by atoms with van der Waals surface area (Å²) in [6.45, 7) is 0. The summed E-state index contributed by atoms with van der Waals surface area (Å²) in [5, 5.41) is 0. The van der Waals surface area contributed by atoms with E-state index in [-0.39, 0.29) is 11.1 Å². The van der Waals surface area contributed by atoms with E-state index >= 15 is 0 Å². The van der Waals surface area contributed by atoms with Crippen LogP contribution in [-0.2, 0) is 0 Å². The van der Waals surface area contributed by atoms with Crippen LogP contribution in [0.15, 0.2) is 59.7 Å². The van der Waals surface area contributed by atoms with Crippen LogP contribution in [0, 0.1) is 5.82 Å². The van der Waals surface area contributed by atoms with Crippen LogP contribution in [0.4, 0.5) is 4.39 Å². The second kappa shape index (κ2) is 6.29. The van der Waals surface area contributed by atoms with E-state index in [0.29, 0.717) is 5.65 Å². The second-order valence-electron chi connectivity index (χ2n) is 4.79. The number of halogens is 1. The number of rotatable bonds is 2. The topological polar surface area (TPSA) is 92.6 Å². The van der Waals surface area contributed by atoms with Gasteiger partial charge in [0.1, 0.15) is 17.0 Å². The highest BCUT2D eigenvalue weighted by Crippen LogP contribution is 2.05. The van der Waals surface area contributed by atoms with Crippen molar-refractivity contribution in [1.29, 1.82) is 0 Å². The number of carbonyl (C=O) groups excluding carboxylic acids is 2. The molecule has 2 N–H and O–H groups in total. The molecule has 3 aromatic rings. The highest BCUT2D eigenvalue weighted by atomic mass is 19.1. The Kier molecular flexibility index (Phi) is 4.02. The Balaban J connectivity index is 1.79. The molecule has 0 unspecified atom stereocenters. The Bertz CT molecular complexity index is 1000. The molecule has 0 atom stereocenters. The van der Waals surface area contributed by atoms with Crippen molar-refractivity contribution in [3.8, 4) is 0 Å². The predicted molar refractivity (Wildman–Crippen MR) is 82.8 cm³/mol. The van der Waals surface area contributed by atoms with Gasteiger partial charge in [-0.3, -0.25) is 29.6 Å². The molecule has 0 aliphatic carbocycles. The Morgan fingerprint density at radius 3 is 2.38 bits per heavy atom. The third-order valence-electron chi connectivity index (χ3n) is 3.27. The second-order valence-corrected chi connectivity index (χ2v) is 4.79. The summed E-state index contributed by atoms with van der Waals surface area (Å²) < 4.78 is 14.7. The van der Waals surface area contributed by atoms with E-state index in [0.717, 1.165) is 12.3 Å². The van der Waals surface area contributed by atoms with E-state index in [1.165, 1.54) is 28.8 Å². The number of fused-ring (bicyclic) bond motifs is 1. The van der Waals surface area contributed by atoms with Crippen LogP contribution in [0.2, 0.25) is 0 Å². The fraction of sp³-hybridized carbons (Fsp3) is 0. The molecular weight excluding hydrogens is 315 g/mol. The average Bonchev–Trinajstić information content (AvgIpc) is 2.60. The van der Waals surface area contributed by atoms with Crippen LogP contribution in [0.3, 0.4) is 0 Å². The first-order valence-corrected chi connectivity index (χ1v) is 6.89. The number of hydrogen-bond donors (Lipinski definition) is 2. The molecule has 0 radical (unpaired) electrons. The lowest BCUT2D eigenvalue weighted by molar-refractivity contribution is 0.0843. The quantitative estimate of drug-likeness (QED) is 0.685. The van der Waals surface area contributed by atoms with Gasteiger partial charge in [0, 0.05) is 12.4 Å². The fourth-order valence-electron chi connectivity index (χ4n) is 2.08. The van der Waals surface area contributed by atoms with Crippen LogP contribution in [-0.4, -0.2) is 21.2 Å². The molecule has 0 fully saturated rings. The predicted octanol–water partition coefficient (Wildman–Crippen LogP) is 0.908. The van der Waals surface area contributed by atoms with E-state index in [1.807, 2.05) is 0 Å². The molecule has 1 aromatic carbocycles. The van der Waals surface area contributed by atoms with Gasteiger partial charge in [0.25, 0.3) is 17.4 Å². The molecule has 2 amide bonds. The van der Waals surface area contributed by atoms with E-state index < -0.39 is 23.2 Å². The van der Waals surface area contributed by atoms with Crippen LogP contribution >= 0.6 is 0 Å². The minimum atomic E-state index is -0.851. The summed E-state index contributed by atoms with van der Waals surface area (Å²) in [4.78, 5) is 40.1. The Labute approximate surface area is 134 Å². The van der Waals surface area contributed by atoms with Crippen molar-refractivity contribution in [1.82, 2.24) is 20.2 Å². The number of benzene rings is 1. The molecule has 0 saturated carbocycles. The molecule has 120 valence electrons. The van der Waals surface area contributed by atoms with Gasteiger partial charge in [-0.25, -0.2) is 9.37 Å². The minimum Gasteiger partial charge on any atom is -0.268 e. The molecule has 8 heteroatoms. The van der Waals surface area contributed by atoms with Gasteiger partial charge < -0.3 is 0 Å². The molecule has 0 aliphatic heterocycles. The number of amides is 2. The summed E-state index contributed by atoms with van der Waals surface area (Å²) >= 11 is 0. The highest BCUT2D eigenvalue weighted by Gasteiger charge is 2.15. The maximum atomic E-state index is 13.5. The maximum Gasteiger partial charge on any atom is 0.276 e. The molecule has 0 spiro atoms. The first-order chi connectivity index (χ1) is 11.6. The molecule has 24 heavy (non-hydrogen) atoms. The van der Waals surface area contributed by atoms with Gasteiger partial charge >= 0.3 is 0 Å². The first kappa shape index (κ1) is 15.3. The van der Waals surface area contributed by atoms with Crippen molar-refractivity contribution in [3.63, 3.8) is 0 Å². The van der Waals surface area contributed by atoms with Crippen molar-refractivity contribution >= 4 is 17.5 Å².